The lowest BCUT2D eigenvalue weighted by Gasteiger charge is -2.33. The predicted octanol–water partition coefficient (Wildman–Crippen LogP) is 1.65. The molecule has 1 unspecified atom stereocenters. The SMILES string of the molecule is O=C(CC1CCCCN1C(=O)O)NNC(=O)c1cc(F)cc(F)c1. The molecular weight excluding hydrogens is 324 g/mol. The number of hydrogen-bond acceptors (Lipinski definition) is 3. The Balaban J connectivity index is 1.88. The van der Waals surface area contributed by atoms with E-state index in [0.29, 0.717) is 19.0 Å². The molecule has 130 valence electrons. The van der Waals surface area contributed by atoms with Gasteiger partial charge in [0.15, 0.2) is 0 Å². The molecule has 1 aliphatic heterocycles. The van der Waals surface area contributed by atoms with Crippen molar-refractivity contribution in [3.63, 3.8) is 0 Å². The van der Waals surface area contributed by atoms with Gasteiger partial charge in [-0.05, 0) is 31.4 Å². The molecule has 0 spiro atoms. The Hall–Kier alpha value is -2.71. The Morgan fingerprint density at radius 1 is 1.12 bits per heavy atom. The van der Waals surface area contributed by atoms with Crippen LogP contribution in [0.1, 0.15) is 36.0 Å². The van der Waals surface area contributed by atoms with Crippen LogP contribution in [-0.4, -0.2) is 40.5 Å². The normalized spacial score (nSPS) is 17.2. The van der Waals surface area contributed by atoms with Crippen LogP contribution in [0.4, 0.5) is 13.6 Å². The van der Waals surface area contributed by atoms with Gasteiger partial charge in [0, 0.05) is 30.6 Å². The van der Waals surface area contributed by atoms with E-state index >= 15 is 0 Å². The molecule has 1 saturated heterocycles. The van der Waals surface area contributed by atoms with Crippen molar-refractivity contribution < 1.29 is 28.3 Å². The van der Waals surface area contributed by atoms with E-state index in [4.69, 9.17) is 5.11 Å². The maximum absolute atomic E-state index is 13.0. The molecule has 1 aromatic carbocycles. The molecule has 24 heavy (non-hydrogen) atoms. The number of hydrogen-bond donors (Lipinski definition) is 3. The maximum atomic E-state index is 13.0. The molecule has 0 radical (unpaired) electrons. The van der Waals surface area contributed by atoms with Crippen LogP contribution < -0.4 is 10.9 Å². The first-order valence-corrected chi connectivity index (χ1v) is 7.41. The number of likely N-dealkylation sites (tertiary alicyclic amines) is 1. The third-order valence-electron chi connectivity index (χ3n) is 3.73. The lowest BCUT2D eigenvalue weighted by atomic mass is 10.00. The molecule has 3 N–H and O–H groups in total. The number of carboxylic acid groups (broad SMARTS) is 1. The van der Waals surface area contributed by atoms with Crippen LogP contribution in [-0.2, 0) is 4.79 Å². The van der Waals surface area contributed by atoms with Crippen LogP contribution in [0.5, 0.6) is 0 Å². The highest BCUT2D eigenvalue weighted by atomic mass is 19.1. The van der Waals surface area contributed by atoms with Crippen molar-refractivity contribution in [3.05, 3.63) is 35.4 Å². The van der Waals surface area contributed by atoms with Crippen molar-refractivity contribution in [3.8, 4) is 0 Å². The quantitative estimate of drug-likeness (QED) is 0.728. The first-order chi connectivity index (χ1) is 11.4. The molecule has 0 aromatic heterocycles. The van der Waals surface area contributed by atoms with Gasteiger partial charge >= 0.3 is 6.09 Å². The van der Waals surface area contributed by atoms with Crippen LogP contribution >= 0.6 is 0 Å². The molecule has 0 bridgehead atoms. The number of hydrazine groups is 1. The molecule has 0 saturated carbocycles. The molecule has 3 amide bonds. The fourth-order valence-electron chi connectivity index (χ4n) is 2.61. The number of carbonyl (C=O) groups excluding carboxylic acids is 2. The Morgan fingerprint density at radius 2 is 1.79 bits per heavy atom. The van der Waals surface area contributed by atoms with E-state index in [0.717, 1.165) is 25.0 Å². The average molecular weight is 341 g/mol. The van der Waals surface area contributed by atoms with Gasteiger partial charge in [-0.1, -0.05) is 0 Å². The number of halogens is 2. The molecular formula is C15H17F2N3O4. The fourth-order valence-corrected chi connectivity index (χ4v) is 2.61. The number of nitrogens with one attached hydrogen (secondary N) is 2. The van der Waals surface area contributed by atoms with E-state index in [-0.39, 0.29) is 12.0 Å². The Labute approximate surface area is 136 Å². The standard InChI is InChI=1S/C15H17F2N3O4/c16-10-5-9(6-11(17)7-10)14(22)19-18-13(21)8-12-3-1-2-4-20(12)15(23)24/h5-7,12H,1-4,8H2,(H,18,21)(H,19,22)(H,23,24). The van der Waals surface area contributed by atoms with Crippen molar-refractivity contribution in [2.75, 3.05) is 6.54 Å². The lowest BCUT2D eigenvalue weighted by molar-refractivity contribution is -0.123. The summed E-state index contributed by atoms with van der Waals surface area (Å²) >= 11 is 0. The molecule has 0 aliphatic carbocycles. The lowest BCUT2D eigenvalue weighted by Crippen LogP contribution is -2.48. The van der Waals surface area contributed by atoms with Crippen molar-refractivity contribution >= 4 is 17.9 Å². The van der Waals surface area contributed by atoms with Crippen molar-refractivity contribution in [2.24, 2.45) is 0 Å². The first kappa shape index (κ1) is 17.6. The second-order valence-electron chi connectivity index (χ2n) is 5.49. The topological polar surface area (TPSA) is 98.7 Å². The highest BCUT2D eigenvalue weighted by Gasteiger charge is 2.28. The Kier molecular flexibility index (Phi) is 5.67. The summed E-state index contributed by atoms with van der Waals surface area (Å²) in [7, 11) is 0. The zero-order valence-electron chi connectivity index (χ0n) is 12.7. The summed E-state index contributed by atoms with van der Waals surface area (Å²) in [5.74, 6) is -3.28. The van der Waals surface area contributed by atoms with Crippen molar-refractivity contribution in [2.45, 2.75) is 31.7 Å². The van der Waals surface area contributed by atoms with Gasteiger partial charge in [-0.15, -0.1) is 0 Å². The molecule has 7 nitrogen and oxygen atoms in total. The number of amides is 3. The van der Waals surface area contributed by atoms with E-state index in [9.17, 15) is 23.2 Å². The third-order valence-corrected chi connectivity index (χ3v) is 3.73. The minimum Gasteiger partial charge on any atom is -0.465 e. The summed E-state index contributed by atoms with van der Waals surface area (Å²) in [5, 5.41) is 9.09. The second-order valence-corrected chi connectivity index (χ2v) is 5.49. The number of piperidine rings is 1. The largest absolute Gasteiger partial charge is 0.465 e. The second kappa shape index (κ2) is 7.71. The summed E-state index contributed by atoms with van der Waals surface area (Å²) in [5.41, 5.74) is 3.89. The highest BCUT2D eigenvalue weighted by molar-refractivity contribution is 5.95. The Bertz CT molecular complexity index is 633. The fraction of sp³-hybridized carbons (Fsp3) is 0.400. The van der Waals surface area contributed by atoms with Gasteiger partial charge in [0.25, 0.3) is 5.91 Å². The van der Waals surface area contributed by atoms with Gasteiger partial charge in [0.2, 0.25) is 5.91 Å². The van der Waals surface area contributed by atoms with E-state index in [1.807, 2.05) is 5.43 Å². The van der Waals surface area contributed by atoms with E-state index in [2.05, 4.69) is 5.43 Å². The summed E-state index contributed by atoms with van der Waals surface area (Å²) < 4.78 is 26.1. The maximum Gasteiger partial charge on any atom is 0.407 e. The van der Waals surface area contributed by atoms with Gasteiger partial charge in [0.05, 0.1) is 0 Å². The van der Waals surface area contributed by atoms with Gasteiger partial charge in [0.1, 0.15) is 11.6 Å². The monoisotopic (exact) mass is 341 g/mol. The van der Waals surface area contributed by atoms with Crippen molar-refractivity contribution in [1.82, 2.24) is 15.8 Å². The number of nitrogens with zero attached hydrogens (tertiary/aromatic N) is 1. The number of carbonyl (C=O) groups is 3. The van der Waals surface area contributed by atoms with Crippen molar-refractivity contribution in [1.29, 1.82) is 0 Å². The van der Waals surface area contributed by atoms with Crippen LogP contribution in [0.25, 0.3) is 0 Å². The molecule has 1 aliphatic rings. The molecule has 1 heterocycles. The van der Waals surface area contributed by atoms with Gasteiger partial charge in [-0.25, -0.2) is 13.6 Å². The summed E-state index contributed by atoms with van der Waals surface area (Å²) in [6.07, 6.45) is 0.919. The zero-order valence-corrected chi connectivity index (χ0v) is 12.7. The molecule has 9 heteroatoms. The average Bonchev–Trinajstić information content (AvgIpc) is 2.52. The summed E-state index contributed by atoms with van der Waals surface area (Å²) in [6.45, 7) is 0.363. The number of benzene rings is 1. The minimum atomic E-state index is -1.09. The van der Waals surface area contributed by atoms with Crippen LogP contribution in [0, 0.1) is 11.6 Å². The Morgan fingerprint density at radius 3 is 2.42 bits per heavy atom. The van der Waals surface area contributed by atoms with Crippen LogP contribution in [0.15, 0.2) is 18.2 Å². The predicted molar refractivity (Wildman–Crippen MR) is 79.0 cm³/mol. The van der Waals surface area contributed by atoms with Crippen LogP contribution in [0.2, 0.25) is 0 Å². The first-order valence-electron chi connectivity index (χ1n) is 7.41. The molecule has 1 fully saturated rings. The molecule has 1 aromatic rings. The van der Waals surface area contributed by atoms with Gasteiger partial charge in [-0.2, -0.15) is 0 Å². The van der Waals surface area contributed by atoms with E-state index < -0.39 is 35.6 Å². The molecule has 1 atom stereocenters. The number of rotatable bonds is 3. The zero-order chi connectivity index (χ0) is 17.7. The van der Waals surface area contributed by atoms with Gasteiger partial charge < -0.3 is 10.0 Å². The van der Waals surface area contributed by atoms with E-state index in [1.165, 1.54) is 4.90 Å². The highest BCUT2D eigenvalue weighted by Crippen LogP contribution is 2.19. The third kappa shape index (κ3) is 4.64. The van der Waals surface area contributed by atoms with Crippen LogP contribution in [0.3, 0.4) is 0 Å². The summed E-state index contributed by atoms with van der Waals surface area (Å²) in [6, 6.07) is 1.83. The summed E-state index contributed by atoms with van der Waals surface area (Å²) in [4.78, 5) is 35.9. The smallest absolute Gasteiger partial charge is 0.407 e. The molecule has 2 rings (SSSR count). The van der Waals surface area contributed by atoms with Gasteiger partial charge in [-0.3, -0.25) is 20.4 Å². The minimum absolute atomic E-state index is 0.107. The van der Waals surface area contributed by atoms with E-state index in [1.54, 1.807) is 0 Å².